The molecular weight excluding hydrogens is 299 g/mol. The number of halogens is 1. The third-order valence-corrected chi connectivity index (χ3v) is 3.90. The first-order valence-corrected chi connectivity index (χ1v) is 7.78. The maximum atomic E-state index is 13.2. The number of carboxylic acid groups (broad SMARTS) is 1. The lowest BCUT2D eigenvalue weighted by atomic mass is 10.0. The van der Waals surface area contributed by atoms with Crippen molar-refractivity contribution >= 4 is 11.9 Å². The molecule has 2 atom stereocenters. The van der Waals surface area contributed by atoms with Crippen molar-refractivity contribution in [1.29, 1.82) is 0 Å². The number of hydrogen-bond acceptors (Lipinski definition) is 3. The van der Waals surface area contributed by atoms with Crippen molar-refractivity contribution in [3.8, 4) is 0 Å². The van der Waals surface area contributed by atoms with Crippen molar-refractivity contribution in [2.24, 2.45) is 0 Å². The first-order chi connectivity index (χ1) is 10.8. The van der Waals surface area contributed by atoms with Gasteiger partial charge in [0.25, 0.3) is 0 Å². The first kappa shape index (κ1) is 19.1. The third-order valence-electron chi connectivity index (χ3n) is 3.90. The van der Waals surface area contributed by atoms with Crippen molar-refractivity contribution in [3.63, 3.8) is 0 Å². The molecule has 1 amide bonds. The van der Waals surface area contributed by atoms with Crippen molar-refractivity contribution in [2.45, 2.75) is 45.7 Å². The molecule has 2 unspecified atom stereocenters. The van der Waals surface area contributed by atoms with Crippen LogP contribution in [0, 0.1) is 5.82 Å². The van der Waals surface area contributed by atoms with Gasteiger partial charge < -0.3 is 10.4 Å². The van der Waals surface area contributed by atoms with Crippen LogP contribution in [-0.2, 0) is 16.0 Å². The van der Waals surface area contributed by atoms with E-state index in [0.29, 0.717) is 25.9 Å². The van der Waals surface area contributed by atoms with E-state index >= 15 is 0 Å². The van der Waals surface area contributed by atoms with Gasteiger partial charge in [0.2, 0.25) is 5.91 Å². The molecule has 0 saturated heterocycles. The molecule has 23 heavy (non-hydrogen) atoms. The molecule has 0 aliphatic carbocycles. The molecule has 1 aromatic carbocycles. The number of carboxylic acids is 1. The highest BCUT2D eigenvalue weighted by atomic mass is 19.1. The summed E-state index contributed by atoms with van der Waals surface area (Å²) in [5.41, 5.74) is 0.890. The van der Waals surface area contributed by atoms with Crippen LogP contribution in [0.25, 0.3) is 0 Å². The lowest BCUT2D eigenvalue weighted by molar-refractivity contribution is -0.143. The zero-order chi connectivity index (χ0) is 17.4. The molecule has 0 aliphatic heterocycles. The molecule has 0 fully saturated rings. The fraction of sp³-hybridized carbons (Fsp3) is 0.529. The van der Waals surface area contributed by atoms with Crippen LogP contribution in [0.4, 0.5) is 4.39 Å². The Morgan fingerprint density at radius 1 is 1.35 bits per heavy atom. The molecule has 128 valence electrons. The Bertz CT molecular complexity index is 536. The molecule has 1 rings (SSSR count). The average molecular weight is 324 g/mol. The topological polar surface area (TPSA) is 69.6 Å². The molecule has 0 aromatic heterocycles. The Morgan fingerprint density at radius 2 is 2.04 bits per heavy atom. The van der Waals surface area contributed by atoms with Gasteiger partial charge in [0.1, 0.15) is 11.9 Å². The van der Waals surface area contributed by atoms with E-state index in [-0.39, 0.29) is 17.8 Å². The lowest BCUT2D eigenvalue weighted by Gasteiger charge is -2.32. The largest absolute Gasteiger partial charge is 0.480 e. The summed E-state index contributed by atoms with van der Waals surface area (Å²) >= 11 is 0. The van der Waals surface area contributed by atoms with E-state index in [1.807, 2.05) is 17.9 Å². The van der Waals surface area contributed by atoms with Gasteiger partial charge in [0.05, 0.1) is 0 Å². The number of rotatable bonds is 9. The van der Waals surface area contributed by atoms with E-state index in [2.05, 4.69) is 5.32 Å². The Hall–Kier alpha value is -1.95. The Labute approximate surface area is 136 Å². The van der Waals surface area contributed by atoms with Crippen molar-refractivity contribution in [1.82, 2.24) is 10.2 Å². The summed E-state index contributed by atoms with van der Waals surface area (Å²) in [6.45, 7) is 5.87. The molecule has 0 saturated carbocycles. The first-order valence-electron chi connectivity index (χ1n) is 7.78. The summed E-state index contributed by atoms with van der Waals surface area (Å²) in [6.07, 6.45) is 1.38. The third kappa shape index (κ3) is 6.78. The summed E-state index contributed by atoms with van der Waals surface area (Å²) in [7, 11) is 0. The van der Waals surface area contributed by atoms with E-state index in [1.54, 1.807) is 13.0 Å². The minimum absolute atomic E-state index is 0.00174. The van der Waals surface area contributed by atoms with Crippen LogP contribution in [0.2, 0.25) is 0 Å². The normalized spacial score (nSPS) is 13.6. The highest BCUT2D eigenvalue weighted by Gasteiger charge is 2.24. The molecule has 5 nitrogen and oxygen atoms in total. The maximum Gasteiger partial charge on any atom is 0.320 e. The van der Waals surface area contributed by atoms with Crippen LogP contribution in [0.15, 0.2) is 24.3 Å². The summed E-state index contributed by atoms with van der Waals surface area (Å²) in [6, 6.07) is 5.78. The second-order valence-corrected chi connectivity index (χ2v) is 5.75. The maximum absolute atomic E-state index is 13.2. The van der Waals surface area contributed by atoms with Gasteiger partial charge in [-0.2, -0.15) is 0 Å². The number of carbonyl (C=O) groups excluding carboxylic acids is 1. The number of nitrogens with zero attached hydrogens (tertiary/aromatic N) is 1. The van der Waals surface area contributed by atoms with Crippen LogP contribution in [0.3, 0.4) is 0 Å². The number of benzene rings is 1. The van der Waals surface area contributed by atoms with Gasteiger partial charge in [-0.1, -0.05) is 12.1 Å². The standard InChI is InChI=1S/C17H25FN2O3/c1-12(7-8-15-5-4-6-16(18)11-15)20(13(2)17(22)23)10-9-19-14(3)21/h4-6,11-13H,7-10H2,1-3H3,(H,19,21)(H,22,23). The molecule has 0 heterocycles. The van der Waals surface area contributed by atoms with Crippen molar-refractivity contribution < 1.29 is 19.1 Å². The Morgan fingerprint density at radius 3 is 2.61 bits per heavy atom. The predicted molar refractivity (Wildman–Crippen MR) is 86.7 cm³/mol. The minimum atomic E-state index is -0.898. The van der Waals surface area contributed by atoms with E-state index < -0.39 is 12.0 Å². The smallest absolute Gasteiger partial charge is 0.320 e. The zero-order valence-corrected chi connectivity index (χ0v) is 13.9. The number of hydrogen-bond donors (Lipinski definition) is 2. The average Bonchev–Trinajstić information content (AvgIpc) is 2.48. The lowest BCUT2D eigenvalue weighted by Crippen LogP contribution is -2.48. The molecule has 0 radical (unpaired) electrons. The molecule has 2 N–H and O–H groups in total. The molecule has 1 aromatic rings. The molecular formula is C17H25FN2O3. The van der Waals surface area contributed by atoms with Crippen LogP contribution in [0.1, 0.15) is 32.8 Å². The predicted octanol–water partition coefficient (Wildman–Crippen LogP) is 2.06. The molecule has 0 bridgehead atoms. The summed E-state index contributed by atoms with van der Waals surface area (Å²) in [4.78, 5) is 24.1. The van der Waals surface area contributed by atoms with E-state index in [0.717, 1.165) is 5.56 Å². The SMILES string of the molecule is CC(=O)NCCN(C(C)CCc1cccc(F)c1)C(C)C(=O)O. The number of aryl methyl sites for hydroxylation is 1. The van der Waals surface area contributed by atoms with Gasteiger partial charge in [-0.25, -0.2) is 4.39 Å². The van der Waals surface area contributed by atoms with E-state index in [9.17, 15) is 19.1 Å². The number of amides is 1. The Balaban J connectivity index is 2.64. The van der Waals surface area contributed by atoms with Gasteiger partial charge in [-0.05, 0) is 44.4 Å². The second kappa shape index (κ2) is 9.25. The monoisotopic (exact) mass is 324 g/mol. The number of nitrogens with one attached hydrogen (secondary N) is 1. The summed E-state index contributed by atoms with van der Waals surface area (Å²) in [5, 5.41) is 11.9. The van der Waals surface area contributed by atoms with Crippen LogP contribution in [0.5, 0.6) is 0 Å². The van der Waals surface area contributed by atoms with Crippen LogP contribution in [-0.4, -0.2) is 47.1 Å². The fourth-order valence-electron chi connectivity index (χ4n) is 2.53. The summed E-state index contributed by atoms with van der Waals surface area (Å²) < 4.78 is 13.2. The van der Waals surface area contributed by atoms with E-state index in [1.165, 1.54) is 19.1 Å². The van der Waals surface area contributed by atoms with Gasteiger partial charge in [-0.3, -0.25) is 14.5 Å². The van der Waals surface area contributed by atoms with Gasteiger partial charge >= 0.3 is 5.97 Å². The second-order valence-electron chi connectivity index (χ2n) is 5.75. The highest BCUT2D eigenvalue weighted by molar-refractivity contribution is 5.73. The molecule has 6 heteroatoms. The van der Waals surface area contributed by atoms with Crippen LogP contribution < -0.4 is 5.32 Å². The van der Waals surface area contributed by atoms with Crippen molar-refractivity contribution in [2.75, 3.05) is 13.1 Å². The quantitative estimate of drug-likeness (QED) is 0.729. The number of carbonyl (C=O) groups is 2. The van der Waals surface area contributed by atoms with Gasteiger partial charge in [-0.15, -0.1) is 0 Å². The van der Waals surface area contributed by atoms with Gasteiger partial charge in [0, 0.05) is 26.1 Å². The number of aliphatic carboxylic acids is 1. The fourth-order valence-corrected chi connectivity index (χ4v) is 2.53. The van der Waals surface area contributed by atoms with Gasteiger partial charge in [0.15, 0.2) is 0 Å². The Kier molecular flexibility index (Phi) is 7.68. The molecule has 0 aliphatic rings. The minimum Gasteiger partial charge on any atom is -0.480 e. The summed E-state index contributed by atoms with van der Waals surface area (Å²) in [5.74, 6) is -1.30. The zero-order valence-electron chi connectivity index (χ0n) is 13.9. The van der Waals surface area contributed by atoms with Crippen LogP contribution >= 0.6 is 0 Å². The molecule has 0 spiro atoms. The van der Waals surface area contributed by atoms with Crippen molar-refractivity contribution in [3.05, 3.63) is 35.6 Å². The highest BCUT2D eigenvalue weighted by Crippen LogP contribution is 2.14. The van der Waals surface area contributed by atoms with E-state index in [4.69, 9.17) is 0 Å².